The molecular formula is C19H23FN4O3. The van der Waals surface area contributed by atoms with Crippen molar-refractivity contribution in [3.05, 3.63) is 52.6 Å². The number of aromatic amines is 1. The van der Waals surface area contributed by atoms with Crippen molar-refractivity contribution in [3.8, 4) is 0 Å². The van der Waals surface area contributed by atoms with Crippen LogP contribution < -0.4 is 5.32 Å². The van der Waals surface area contributed by atoms with Crippen LogP contribution in [0.15, 0.2) is 24.3 Å². The highest BCUT2D eigenvalue weighted by Gasteiger charge is 2.28. The largest absolute Gasteiger partial charge is 0.385 e. The van der Waals surface area contributed by atoms with Crippen molar-refractivity contribution in [3.63, 3.8) is 0 Å². The lowest BCUT2D eigenvalue weighted by molar-refractivity contribution is -0.131. The molecule has 0 bridgehead atoms. The van der Waals surface area contributed by atoms with Gasteiger partial charge in [0, 0.05) is 51.0 Å². The maximum Gasteiger partial charge on any atom is 0.272 e. The zero-order valence-corrected chi connectivity index (χ0v) is 15.3. The van der Waals surface area contributed by atoms with E-state index >= 15 is 0 Å². The van der Waals surface area contributed by atoms with Gasteiger partial charge in [-0.1, -0.05) is 18.2 Å². The van der Waals surface area contributed by atoms with Gasteiger partial charge in [0.05, 0.1) is 6.42 Å². The Kier molecular flexibility index (Phi) is 6.18. The Morgan fingerprint density at radius 3 is 2.96 bits per heavy atom. The number of hydrogen-bond donors (Lipinski definition) is 2. The Morgan fingerprint density at radius 2 is 2.19 bits per heavy atom. The molecule has 0 aliphatic carbocycles. The van der Waals surface area contributed by atoms with E-state index in [0.717, 1.165) is 11.3 Å². The van der Waals surface area contributed by atoms with Crippen LogP contribution in [-0.2, 0) is 28.9 Å². The third-order valence-electron chi connectivity index (χ3n) is 4.61. The second kappa shape index (κ2) is 8.77. The predicted molar refractivity (Wildman–Crippen MR) is 96.6 cm³/mol. The van der Waals surface area contributed by atoms with Crippen molar-refractivity contribution < 1.29 is 18.7 Å². The number of amides is 2. The lowest BCUT2D eigenvalue weighted by Gasteiger charge is -2.27. The van der Waals surface area contributed by atoms with Crippen molar-refractivity contribution in [2.24, 2.45) is 0 Å². The molecule has 1 aromatic carbocycles. The summed E-state index contributed by atoms with van der Waals surface area (Å²) in [5, 5.41) is 9.82. The number of nitrogens with one attached hydrogen (secondary N) is 2. The van der Waals surface area contributed by atoms with Gasteiger partial charge in [-0.05, 0) is 18.1 Å². The van der Waals surface area contributed by atoms with E-state index in [2.05, 4.69) is 15.5 Å². The van der Waals surface area contributed by atoms with E-state index in [1.165, 1.54) is 6.07 Å². The minimum absolute atomic E-state index is 0.00158. The third kappa shape index (κ3) is 4.51. The Morgan fingerprint density at radius 1 is 1.37 bits per heavy atom. The van der Waals surface area contributed by atoms with Crippen LogP contribution in [-0.4, -0.2) is 53.7 Å². The van der Waals surface area contributed by atoms with Crippen LogP contribution in [0.3, 0.4) is 0 Å². The van der Waals surface area contributed by atoms with E-state index in [1.807, 2.05) is 0 Å². The molecule has 2 amide bonds. The first-order chi connectivity index (χ1) is 13.1. The molecule has 2 aromatic rings. The molecule has 27 heavy (non-hydrogen) atoms. The molecular weight excluding hydrogens is 351 g/mol. The number of nitrogens with zero attached hydrogens (tertiary/aromatic N) is 2. The molecule has 0 unspecified atom stereocenters. The summed E-state index contributed by atoms with van der Waals surface area (Å²) in [6, 6.07) is 6.26. The molecule has 7 nitrogen and oxygen atoms in total. The number of benzene rings is 1. The van der Waals surface area contributed by atoms with Gasteiger partial charge in [-0.25, -0.2) is 4.39 Å². The van der Waals surface area contributed by atoms with E-state index in [4.69, 9.17) is 4.74 Å². The van der Waals surface area contributed by atoms with Crippen LogP contribution in [0, 0.1) is 5.82 Å². The summed E-state index contributed by atoms with van der Waals surface area (Å²) >= 11 is 0. The fourth-order valence-electron chi connectivity index (χ4n) is 3.11. The van der Waals surface area contributed by atoms with Crippen molar-refractivity contribution in [1.29, 1.82) is 0 Å². The second-order valence-corrected chi connectivity index (χ2v) is 6.47. The lowest BCUT2D eigenvalue weighted by atomic mass is 10.0. The topological polar surface area (TPSA) is 87.3 Å². The number of rotatable bonds is 7. The zero-order chi connectivity index (χ0) is 19.2. The number of halogens is 1. The quantitative estimate of drug-likeness (QED) is 0.718. The van der Waals surface area contributed by atoms with Crippen LogP contribution >= 0.6 is 0 Å². The molecule has 2 N–H and O–H groups in total. The van der Waals surface area contributed by atoms with Gasteiger partial charge in [-0.15, -0.1) is 0 Å². The summed E-state index contributed by atoms with van der Waals surface area (Å²) in [6.45, 7) is 1.86. The van der Waals surface area contributed by atoms with Crippen molar-refractivity contribution in [1.82, 2.24) is 20.4 Å². The number of H-pyrrole nitrogens is 1. The molecule has 144 valence electrons. The molecule has 0 saturated carbocycles. The lowest BCUT2D eigenvalue weighted by Crippen LogP contribution is -2.38. The molecule has 0 spiro atoms. The molecule has 8 heteroatoms. The van der Waals surface area contributed by atoms with Gasteiger partial charge < -0.3 is 15.0 Å². The van der Waals surface area contributed by atoms with Gasteiger partial charge in [0.25, 0.3) is 5.91 Å². The Balaban J connectivity index is 1.65. The first kappa shape index (κ1) is 19.0. The molecule has 3 rings (SSSR count). The zero-order valence-electron chi connectivity index (χ0n) is 15.3. The highest BCUT2D eigenvalue weighted by Crippen LogP contribution is 2.21. The highest BCUT2D eigenvalue weighted by atomic mass is 19.1. The van der Waals surface area contributed by atoms with Gasteiger partial charge in [0.2, 0.25) is 5.91 Å². The minimum Gasteiger partial charge on any atom is -0.385 e. The van der Waals surface area contributed by atoms with Crippen LogP contribution in [0.2, 0.25) is 0 Å². The molecule has 0 radical (unpaired) electrons. The number of fused-ring (bicyclic) bond motifs is 1. The fourth-order valence-corrected chi connectivity index (χ4v) is 3.11. The van der Waals surface area contributed by atoms with Crippen LogP contribution in [0.4, 0.5) is 4.39 Å². The van der Waals surface area contributed by atoms with Gasteiger partial charge >= 0.3 is 0 Å². The van der Waals surface area contributed by atoms with Crippen molar-refractivity contribution in [2.45, 2.75) is 25.8 Å². The SMILES string of the molecule is COCCCNC(=O)c1n[nH]c2c1CN(C(=O)Cc1ccccc1F)CC2. The molecule has 1 aliphatic heterocycles. The van der Waals surface area contributed by atoms with Crippen molar-refractivity contribution in [2.75, 3.05) is 26.8 Å². The summed E-state index contributed by atoms with van der Waals surface area (Å²) in [6.07, 6.45) is 1.29. The van der Waals surface area contributed by atoms with Crippen LogP contribution in [0.25, 0.3) is 0 Å². The smallest absolute Gasteiger partial charge is 0.272 e. The third-order valence-corrected chi connectivity index (χ3v) is 4.61. The van der Waals surface area contributed by atoms with Gasteiger partial charge in [0.1, 0.15) is 5.82 Å². The standard InChI is InChI=1S/C19H23FN4O3/c1-27-10-4-8-21-19(26)18-14-12-24(9-7-16(14)22-23-18)17(25)11-13-5-2-3-6-15(13)20/h2-3,5-6H,4,7-12H2,1H3,(H,21,26)(H,22,23). The normalized spacial score (nSPS) is 13.3. The summed E-state index contributed by atoms with van der Waals surface area (Å²) in [5.41, 5.74) is 2.28. The predicted octanol–water partition coefficient (Wildman–Crippen LogP) is 1.44. The molecule has 2 heterocycles. The summed E-state index contributed by atoms with van der Waals surface area (Å²) in [7, 11) is 1.61. The van der Waals surface area contributed by atoms with Crippen molar-refractivity contribution >= 4 is 11.8 Å². The number of methoxy groups -OCH3 is 1. The van der Waals surface area contributed by atoms with E-state index in [1.54, 1.807) is 30.2 Å². The average Bonchev–Trinajstić information content (AvgIpc) is 3.10. The highest BCUT2D eigenvalue weighted by molar-refractivity contribution is 5.94. The Bertz CT molecular complexity index is 821. The van der Waals surface area contributed by atoms with Crippen LogP contribution in [0.5, 0.6) is 0 Å². The average molecular weight is 374 g/mol. The van der Waals surface area contributed by atoms with Gasteiger partial charge in [-0.3, -0.25) is 14.7 Å². The maximum atomic E-state index is 13.8. The summed E-state index contributed by atoms with van der Waals surface area (Å²) in [5.74, 6) is -0.826. The number of aromatic nitrogens is 2. The van der Waals surface area contributed by atoms with E-state index < -0.39 is 0 Å². The molecule has 0 saturated heterocycles. The number of carbonyl (C=O) groups excluding carboxylic acids is 2. The van der Waals surface area contributed by atoms with E-state index in [-0.39, 0.29) is 24.1 Å². The summed E-state index contributed by atoms with van der Waals surface area (Å²) in [4.78, 5) is 26.6. The molecule has 1 aromatic heterocycles. The monoisotopic (exact) mass is 374 g/mol. The van der Waals surface area contributed by atoms with Gasteiger partial charge in [0.15, 0.2) is 5.69 Å². The number of ether oxygens (including phenoxy) is 1. The number of hydrogen-bond acceptors (Lipinski definition) is 4. The molecule has 0 atom stereocenters. The van der Waals surface area contributed by atoms with Gasteiger partial charge in [-0.2, -0.15) is 5.10 Å². The number of carbonyl (C=O) groups is 2. The van der Waals surface area contributed by atoms with E-state index in [9.17, 15) is 14.0 Å². The van der Waals surface area contributed by atoms with Crippen LogP contribution in [0.1, 0.15) is 33.7 Å². The Hall–Kier alpha value is -2.74. The summed E-state index contributed by atoms with van der Waals surface area (Å²) < 4.78 is 18.8. The maximum absolute atomic E-state index is 13.8. The Labute approximate surface area is 156 Å². The molecule has 1 aliphatic rings. The first-order valence-electron chi connectivity index (χ1n) is 8.94. The second-order valence-electron chi connectivity index (χ2n) is 6.47. The first-order valence-corrected chi connectivity index (χ1v) is 8.94. The molecule has 0 fully saturated rings. The fraction of sp³-hybridized carbons (Fsp3) is 0.421. The minimum atomic E-state index is -0.386. The van der Waals surface area contributed by atoms with E-state index in [0.29, 0.717) is 50.3 Å².